The highest BCUT2D eigenvalue weighted by atomic mass is 16.5. The van der Waals surface area contributed by atoms with Gasteiger partial charge in [-0.15, -0.1) is 0 Å². The van der Waals surface area contributed by atoms with Crippen LogP contribution in [0.3, 0.4) is 0 Å². The maximum atomic E-state index is 12.4. The summed E-state index contributed by atoms with van der Waals surface area (Å²) in [4.78, 5) is 18.9. The van der Waals surface area contributed by atoms with Gasteiger partial charge in [0.15, 0.2) is 0 Å². The Kier molecular flexibility index (Phi) is 6.63. The number of anilines is 1. The summed E-state index contributed by atoms with van der Waals surface area (Å²) in [6.07, 6.45) is 1.76. The summed E-state index contributed by atoms with van der Waals surface area (Å²) in [5, 5.41) is 2.90. The van der Waals surface area contributed by atoms with E-state index in [0.717, 1.165) is 30.1 Å². The minimum Gasteiger partial charge on any atom is -0.497 e. The van der Waals surface area contributed by atoms with Gasteiger partial charge in [0, 0.05) is 19.6 Å². The SMILES string of the molecule is CCN(Cc1ccccc1)c1ccc(C(=O)NCc2ccc(OC)cc2)nc1. The van der Waals surface area contributed by atoms with Crippen LogP contribution in [0.5, 0.6) is 5.75 Å². The van der Waals surface area contributed by atoms with E-state index in [1.165, 1.54) is 5.56 Å². The molecule has 1 aromatic heterocycles. The summed E-state index contributed by atoms with van der Waals surface area (Å²) in [6, 6.07) is 21.6. The molecule has 0 radical (unpaired) electrons. The predicted octanol–water partition coefficient (Wildman–Crippen LogP) is 4.05. The van der Waals surface area contributed by atoms with E-state index in [2.05, 4.69) is 34.3 Å². The highest BCUT2D eigenvalue weighted by Gasteiger charge is 2.10. The summed E-state index contributed by atoms with van der Waals surface area (Å²) >= 11 is 0. The van der Waals surface area contributed by atoms with Gasteiger partial charge in [-0.3, -0.25) is 4.79 Å². The molecule has 0 bridgehead atoms. The van der Waals surface area contributed by atoms with Crippen LogP contribution in [0.15, 0.2) is 72.9 Å². The van der Waals surface area contributed by atoms with Crippen LogP contribution in [0.25, 0.3) is 0 Å². The summed E-state index contributed by atoms with van der Waals surface area (Å²) in [5.41, 5.74) is 3.66. The Hall–Kier alpha value is -3.34. The number of carbonyl (C=O) groups is 1. The zero-order chi connectivity index (χ0) is 19.8. The first-order valence-electron chi connectivity index (χ1n) is 9.35. The summed E-state index contributed by atoms with van der Waals surface area (Å²) in [6.45, 7) is 4.22. The number of nitrogens with one attached hydrogen (secondary N) is 1. The number of carbonyl (C=O) groups excluding carboxylic acids is 1. The van der Waals surface area contributed by atoms with Crippen LogP contribution < -0.4 is 15.0 Å². The Morgan fingerprint density at radius 1 is 1.00 bits per heavy atom. The number of aromatic nitrogens is 1. The number of hydrogen-bond donors (Lipinski definition) is 1. The van der Waals surface area contributed by atoms with Crippen LogP contribution in [0.1, 0.15) is 28.5 Å². The van der Waals surface area contributed by atoms with Crippen molar-refractivity contribution in [3.05, 3.63) is 89.7 Å². The van der Waals surface area contributed by atoms with Crippen LogP contribution in [0, 0.1) is 0 Å². The van der Waals surface area contributed by atoms with E-state index in [0.29, 0.717) is 12.2 Å². The van der Waals surface area contributed by atoms with Crippen molar-refractivity contribution in [1.82, 2.24) is 10.3 Å². The van der Waals surface area contributed by atoms with Crippen molar-refractivity contribution >= 4 is 11.6 Å². The molecular weight excluding hydrogens is 350 g/mol. The second-order valence-corrected chi connectivity index (χ2v) is 6.43. The molecule has 5 heteroatoms. The molecule has 0 aliphatic heterocycles. The van der Waals surface area contributed by atoms with Gasteiger partial charge in [0.25, 0.3) is 5.91 Å². The van der Waals surface area contributed by atoms with Crippen LogP contribution in [-0.2, 0) is 13.1 Å². The van der Waals surface area contributed by atoms with Gasteiger partial charge in [-0.25, -0.2) is 4.98 Å². The molecule has 0 atom stereocenters. The van der Waals surface area contributed by atoms with Crippen molar-refractivity contribution in [1.29, 1.82) is 0 Å². The van der Waals surface area contributed by atoms with Crippen molar-refractivity contribution < 1.29 is 9.53 Å². The summed E-state index contributed by atoms with van der Waals surface area (Å²) in [7, 11) is 1.63. The fourth-order valence-corrected chi connectivity index (χ4v) is 2.91. The Labute approximate surface area is 166 Å². The van der Waals surface area contributed by atoms with E-state index in [1.54, 1.807) is 19.4 Å². The van der Waals surface area contributed by atoms with Crippen LogP contribution in [-0.4, -0.2) is 24.5 Å². The summed E-state index contributed by atoms with van der Waals surface area (Å²) < 4.78 is 5.14. The third-order valence-electron chi connectivity index (χ3n) is 4.56. The number of rotatable bonds is 8. The minimum absolute atomic E-state index is 0.187. The third kappa shape index (κ3) is 5.10. The van der Waals surface area contributed by atoms with Gasteiger partial charge in [-0.05, 0) is 42.3 Å². The number of benzene rings is 2. The van der Waals surface area contributed by atoms with Crippen LogP contribution in [0.2, 0.25) is 0 Å². The molecule has 5 nitrogen and oxygen atoms in total. The van der Waals surface area contributed by atoms with E-state index in [4.69, 9.17) is 4.74 Å². The largest absolute Gasteiger partial charge is 0.497 e. The lowest BCUT2D eigenvalue weighted by atomic mass is 10.2. The van der Waals surface area contributed by atoms with Gasteiger partial charge in [-0.2, -0.15) is 0 Å². The zero-order valence-electron chi connectivity index (χ0n) is 16.3. The Balaban J connectivity index is 1.59. The molecule has 1 N–H and O–H groups in total. The molecule has 144 valence electrons. The normalized spacial score (nSPS) is 10.4. The van der Waals surface area contributed by atoms with Gasteiger partial charge >= 0.3 is 0 Å². The summed E-state index contributed by atoms with van der Waals surface area (Å²) in [5.74, 6) is 0.608. The van der Waals surface area contributed by atoms with Gasteiger partial charge in [-0.1, -0.05) is 42.5 Å². The highest BCUT2D eigenvalue weighted by Crippen LogP contribution is 2.16. The first-order valence-corrected chi connectivity index (χ1v) is 9.35. The topological polar surface area (TPSA) is 54.5 Å². The number of hydrogen-bond acceptors (Lipinski definition) is 4. The average molecular weight is 375 g/mol. The number of methoxy groups -OCH3 is 1. The standard InChI is InChI=1S/C23H25N3O2/c1-3-26(17-19-7-5-4-6-8-19)20-11-14-22(24-16-20)23(27)25-15-18-9-12-21(28-2)13-10-18/h4-14,16H,3,15,17H2,1-2H3,(H,25,27). The van der Waals surface area contributed by atoms with Gasteiger partial charge in [0.2, 0.25) is 0 Å². The van der Waals surface area contributed by atoms with E-state index < -0.39 is 0 Å². The van der Waals surface area contributed by atoms with Crippen molar-refractivity contribution in [2.45, 2.75) is 20.0 Å². The highest BCUT2D eigenvalue weighted by molar-refractivity contribution is 5.92. The molecule has 1 amide bonds. The van der Waals surface area contributed by atoms with E-state index >= 15 is 0 Å². The molecule has 0 saturated carbocycles. The van der Waals surface area contributed by atoms with Crippen LogP contribution >= 0.6 is 0 Å². The first-order chi connectivity index (χ1) is 13.7. The quantitative estimate of drug-likeness (QED) is 0.645. The molecular formula is C23H25N3O2. The van der Waals surface area contributed by atoms with Crippen LogP contribution in [0.4, 0.5) is 5.69 Å². The number of amides is 1. The van der Waals surface area contributed by atoms with E-state index in [1.807, 2.05) is 48.5 Å². The molecule has 0 spiro atoms. The molecule has 2 aromatic carbocycles. The Bertz CT molecular complexity index is 878. The van der Waals surface area contributed by atoms with Gasteiger partial charge < -0.3 is 15.0 Å². The smallest absolute Gasteiger partial charge is 0.270 e. The zero-order valence-corrected chi connectivity index (χ0v) is 16.3. The lowest BCUT2D eigenvalue weighted by Crippen LogP contribution is -2.25. The minimum atomic E-state index is -0.187. The average Bonchev–Trinajstić information content (AvgIpc) is 2.77. The molecule has 0 aliphatic rings. The molecule has 1 heterocycles. The molecule has 0 saturated heterocycles. The Morgan fingerprint density at radius 3 is 2.36 bits per heavy atom. The molecule has 0 unspecified atom stereocenters. The van der Waals surface area contributed by atoms with Crippen molar-refractivity contribution in [2.24, 2.45) is 0 Å². The molecule has 3 aromatic rings. The molecule has 0 fully saturated rings. The van der Waals surface area contributed by atoms with E-state index in [9.17, 15) is 4.79 Å². The number of nitrogens with zero attached hydrogens (tertiary/aromatic N) is 2. The molecule has 28 heavy (non-hydrogen) atoms. The number of ether oxygens (including phenoxy) is 1. The van der Waals surface area contributed by atoms with E-state index in [-0.39, 0.29) is 5.91 Å². The van der Waals surface area contributed by atoms with Crippen molar-refractivity contribution in [2.75, 3.05) is 18.6 Å². The first kappa shape index (κ1) is 19.4. The molecule has 0 aliphatic carbocycles. The maximum absolute atomic E-state index is 12.4. The lowest BCUT2D eigenvalue weighted by Gasteiger charge is -2.23. The second kappa shape index (κ2) is 9.55. The van der Waals surface area contributed by atoms with Gasteiger partial charge in [0.1, 0.15) is 11.4 Å². The van der Waals surface area contributed by atoms with Crippen molar-refractivity contribution in [3.8, 4) is 5.75 Å². The maximum Gasteiger partial charge on any atom is 0.270 e. The number of pyridine rings is 1. The fraction of sp³-hybridized carbons (Fsp3) is 0.217. The lowest BCUT2D eigenvalue weighted by molar-refractivity contribution is 0.0946. The van der Waals surface area contributed by atoms with Gasteiger partial charge in [0.05, 0.1) is 19.0 Å². The predicted molar refractivity (Wildman–Crippen MR) is 112 cm³/mol. The third-order valence-corrected chi connectivity index (χ3v) is 4.56. The second-order valence-electron chi connectivity index (χ2n) is 6.43. The molecule has 3 rings (SSSR count). The fourth-order valence-electron chi connectivity index (χ4n) is 2.91. The van der Waals surface area contributed by atoms with Crippen molar-refractivity contribution in [3.63, 3.8) is 0 Å². The Morgan fingerprint density at radius 2 is 1.75 bits per heavy atom. The monoisotopic (exact) mass is 375 g/mol.